The number of nitrogens with zero attached hydrogens (tertiary/aromatic N) is 1. The lowest BCUT2D eigenvalue weighted by molar-refractivity contribution is -0.121. The topological polar surface area (TPSA) is 57.8 Å². The first-order valence-corrected chi connectivity index (χ1v) is 9.77. The van der Waals surface area contributed by atoms with Crippen molar-refractivity contribution >= 4 is 38.4 Å². The Kier molecular flexibility index (Phi) is 4.97. The quantitative estimate of drug-likeness (QED) is 0.509. The van der Waals surface area contributed by atoms with E-state index in [1.54, 1.807) is 11.3 Å². The third-order valence-corrected chi connectivity index (χ3v) is 5.62. The van der Waals surface area contributed by atoms with Gasteiger partial charge >= 0.3 is 0 Å². The zero-order valence-corrected chi connectivity index (χ0v) is 15.3. The summed E-state index contributed by atoms with van der Waals surface area (Å²) in [7, 11) is 0. The molecular weight excluding hydrogens is 342 g/mol. The molecule has 0 fully saturated rings. The summed E-state index contributed by atoms with van der Waals surface area (Å²) < 4.78 is 1.21. The molecule has 0 saturated carbocycles. The van der Waals surface area contributed by atoms with Crippen LogP contribution in [0.3, 0.4) is 0 Å². The number of benzene rings is 2. The molecule has 5 heteroatoms. The normalized spacial score (nSPS) is 11.2. The van der Waals surface area contributed by atoms with Crippen LogP contribution in [0.15, 0.2) is 54.7 Å². The summed E-state index contributed by atoms with van der Waals surface area (Å²) >= 11 is 1.72. The molecule has 132 valence electrons. The lowest BCUT2D eigenvalue weighted by atomic mass is 10.1. The van der Waals surface area contributed by atoms with Crippen LogP contribution < -0.4 is 5.32 Å². The monoisotopic (exact) mass is 363 g/mol. The van der Waals surface area contributed by atoms with Crippen molar-refractivity contribution in [2.24, 2.45) is 0 Å². The standard InChI is InChI=1S/C21H21N3OS/c25-20(10-5-11-21-24-18-8-3-4-9-19(18)26-21)22-13-12-15-14-23-17-7-2-1-6-16(15)17/h1-4,6-9,14,23H,5,10-13H2,(H,22,25). The fourth-order valence-electron chi connectivity index (χ4n) is 3.19. The minimum Gasteiger partial charge on any atom is -0.361 e. The molecule has 4 nitrogen and oxygen atoms in total. The maximum Gasteiger partial charge on any atom is 0.220 e. The van der Waals surface area contributed by atoms with Crippen molar-refractivity contribution in [1.82, 2.24) is 15.3 Å². The number of amides is 1. The van der Waals surface area contributed by atoms with Gasteiger partial charge in [-0.3, -0.25) is 4.79 Å². The number of carbonyl (C=O) groups excluding carboxylic acids is 1. The molecule has 0 aliphatic heterocycles. The number of nitrogens with one attached hydrogen (secondary N) is 2. The third kappa shape index (κ3) is 3.78. The fraction of sp³-hybridized carbons (Fsp3) is 0.238. The number of hydrogen-bond acceptors (Lipinski definition) is 3. The van der Waals surface area contributed by atoms with Crippen molar-refractivity contribution in [3.8, 4) is 0 Å². The maximum atomic E-state index is 12.1. The molecule has 0 atom stereocenters. The number of rotatable bonds is 7. The average Bonchev–Trinajstić information content (AvgIpc) is 3.25. The van der Waals surface area contributed by atoms with Crippen LogP contribution in [0.2, 0.25) is 0 Å². The number of H-pyrrole nitrogens is 1. The Morgan fingerprint density at radius 1 is 1.08 bits per heavy atom. The summed E-state index contributed by atoms with van der Waals surface area (Å²) in [5.74, 6) is 0.117. The van der Waals surface area contributed by atoms with E-state index >= 15 is 0 Å². The van der Waals surface area contributed by atoms with Gasteiger partial charge in [-0.1, -0.05) is 30.3 Å². The molecule has 2 N–H and O–H groups in total. The molecule has 2 heterocycles. The van der Waals surface area contributed by atoms with Gasteiger partial charge in [-0.2, -0.15) is 0 Å². The number of carbonyl (C=O) groups is 1. The van der Waals surface area contributed by atoms with Gasteiger partial charge < -0.3 is 10.3 Å². The predicted molar refractivity (Wildman–Crippen MR) is 108 cm³/mol. The Morgan fingerprint density at radius 3 is 2.85 bits per heavy atom. The van der Waals surface area contributed by atoms with Crippen LogP contribution in [0.25, 0.3) is 21.1 Å². The van der Waals surface area contributed by atoms with Crippen molar-refractivity contribution in [2.75, 3.05) is 6.54 Å². The van der Waals surface area contributed by atoms with E-state index in [0.29, 0.717) is 13.0 Å². The molecule has 0 aliphatic rings. The van der Waals surface area contributed by atoms with Crippen LogP contribution in [0, 0.1) is 0 Å². The number of hydrogen-bond donors (Lipinski definition) is 2. The number of para-hydroxylation sites is 2. The highest BCUT2D eigenvalue weighted by molar-refractivity contribution is 7.18. The molecule has 0 saturated heterocycles. The molecule has 4 rings (SSSR count). The minimum absolute atomic E-state index is 0.117. The van der Waals surface area contributed by atoms with Crippen LogP contribution in [0.5, 0.6) is 0 Å². The number of fused-ring (bicyclic) bond motifs is 2. The average molecular weight is 363 g/mol. The summed E-state index contributed by atoms with van der Waals surface area (Å²) in [6, 6.07) is 16.4. The molecule has 0 aliphatic carbocycles. The first kappa shape index (κ1) is 16.8. The first-order valence-electron chi connectivity index (χ1n) is 8.96. The third-order valence-electron chi connectivity index (χ3n) is 4.52. The smallest absolute Gasteiger partial charge is 0.220 e. The molecule has 26 heavy (non-hydrogen) atoms. The van der Waals surface area contributed by atoms with Gasteiger partial charge in [0.15, 0.2) is 0 Å². The van der Waals surface area contributed by atoms with Crippen molar-refractivity contribution in [2.45, 2.75) is 25.7 Å². The maximum absolute atomic E-state index is 12.1. The van der Waals surface area contributed by atoms with Crippen molar-refractivity contribution in [3.05, 3.63) is 65.3 Å². The van der Waals surface area contributed by atoms with E-state index in [4.69, 9.17) is 0 Å². The summed E-state index contributed by atoms with van der Waals surface area (Å²) in [5.41, 5.74) is 3.44. The van der Waals surface area contributed by atoms with Crippen LogP contribution in [0.1, 0.15) is 23.4 Å². The summed E-state index contributed by atoms with van der Waals surface area (Å²) in [6.07, 6.45) is 5.11. The second-order valence-electron chi connectivity index (χ2n) is 6.39. The largest absolute Gasteiger partial charge is 0.361 e. The number of aryl methyl sites for hydroxylation is 1. The van der Waals surface area contributed by atoms with Crippen LogP contribution >= 0.6 is 11.3 Å². The molecule has 2 aromatic heterocycles. The Morgan fingerprint density at radius 2 is 1.92 bits per heavy atom. The summed E-state index contributed by atoms with van der Waals surface area (Å²) in [5, 5.41) is 5.37. The van der Waals surface area contributed by atoms with E-state index in [1.165, 1.54) is 15.6 Å². The SMILES string of the molecule is O=C(CCCc1nc2ccccc2s1)NCCc1c[nH]c2ccccc12. The zero-order chi connectivity index (χ0) is 17.8. The van der Waals surface area contributed by atoms with Gasteiger partial charge in [-0.15, -0.1) is 11.3 Å². The molecule has 0 radical (unpaired) electrons. The Balaban J connectivity index is 1.21. The molecule has 0 spiro atoms. The lowest BCUT2D eigenvalue weighted by Gasteiger charge is -2.04. The fourth-order valence-corrected chi connectivity index (χ4v) is 4.20. The van der Waals surface area contributed by atoms with Crippen LogP contribution in [-0.2, 0) is 17.6 Å². The molecule has 1 amide bonds. The van der Waals surface area contributed by atoms with E-state index in [-0.39, 0.29) is 5.91 Å². The van der Waals surface area contributed by atoms with Crippen LogP contribution in [-0.4, -0.2) is 22.4 Å². The van der Waals surface area contributed by atoms with E-state index in [0.717, 1.165) is 35.3 Å². The second kappa shape index (κ2) is 7.70. The van der Waals surface area contributed by atoms with E-state index in [1.807, 2.05) is 36.5 Å². The highest BCUT2D eigenvalue weighted by atomic mass is 32.1. The van der Waals surface area contributed by atoms with Gasteiger partial charge in [0.25, 0.3) is 0 Å². The van der Waals surface area contributed by atoms with Gasteiger partial charge in [0, 0.05) is 30.1 Å². The highest BCUT2D eigenvalue weighted by Crippen LogP contribution is 2.22. The predicted octanol–water partition coefficient (Wildman–Crippen LogP) is 4.46. The molecule has 0 bridgehead atoms. The Labute approximate surface area is 156 Å². The Hall–Kier alpha value is -2.66. The number of aromatic nitrogens is 2. The van der Waals surface area contributed by atoms with Gasteiger partial charge in [0.2, 0.25) is 5.91 Å². The van der Waals surface area contributed by atoms with Gasteiger partial charge in [-0.05, 0) is 43.0 Å². The van der Waals surface area contributed by atoms with E-state index in [9.17, 15) is 4.79 Å². The van der Waals surface area contributed by atoms with Crippen LogP contribution in [0.4, 0.5) is 0 Å². The lowest BCUT2D eigenvalue weighted by Crippen LogP contribution is -2.25. The zero-order valence-electron chi connectivity index (χ0n) is 14.5. The highest BCUT2D eigenvalue weighted by Gasteiger charge is 2.07. The van der Waals surface area contributed by atoms with Gasteiger partial charge in [0.05, 0.1) is 15.2 Å². The van der Waals surface area contributed by atoms with Gasteiger partial charge in [-0.25, -0.2) is 4.98 Å². The summed E-state index contributed by atoms with van der Waals surface area (Å²) in [4.78, 5) is 20.0. The van der Waals surface area contributed by atoms with Crippen molar-refractivity contribution in [1.29, 1.82) is 0 Å². The van der Waals surface area contributed by atoms with Crippen molar-refractivity contribution < 1.29 is 4.79 Å². The van der Waals surface area contributed by atoms with Crippen molar-refractivity contribution in [3.63, 3.8) is 0 Å². The number of thiazole rings is 1. The minimum atomic E-state index is 0.117. The Bertz CT molecular complexity index is 1000. The number of aromatic amines is 1. The second-order valence-corrected chi connectivity index (χ2v) is 7.50. The van der Waals surface area contributed by atoms with E-state index in [2.05, 4.69) is 33.5 Å². The molecule has 0 unspecified atom stereocenters. The van der Waals surface area contributed by atoms with Gasteiger partial charge in [0.1, 0.15) is 0 Å². The molecular formula is C21H21N3OS. The summed E-state index contributed by atoms with van der Waals surface area (Å²) in [6.45, 7) is 0.668. The molecule has 4 aromatic rings. The first-order chi connectivity index (χ1) is 12.8. The van der Waals surface area contributed by atoms with E-state index < -0.39 is 0 Å². The molecule has 2 aromatic carbocycles.